The van der Waals surface area contributed by atoms with Gasteiger partial charge in [-0.3, -0.25) is 4.79 Å². The zero-order valence-corrected chi connectivity index (χ0v) is 22.4. The summed E-state index contributed by atoms with van der Waals surface area (Å²) in [6.45, 7) is 10.6. The van der Waals surface area contributed by atoms with Gasteiger partial charge < -0.3 is 18.9 Å². The summed E-state index contributed by atoms with van der Waals surface area (Å²) < 4.78 is 22.4. The van der Waals surface area contributed by atoms with E-state index in [2.05, 4.69) is 24.4 Å². The zero-order chi connectivity index (χ0) is 27.5. The van der Waals surface area contributed by atoms with E-state index in [1.165, 1.54) is 6.21 Å². The van der Waals surface area contributed by atoms with E-state index in [1.54, 1.807) is 42.5 Å². The summed E-state index contributed by atoms with van der Waals surface area (Å²) in [4.78, 5) is 24.9. The number of carbonyl (C=O) groups excluding carboxylic acids is 2. The predicted octanol–water partition coefficient (Wildman–Crippen LogP) is 5.66. The molecule has 0 saturated carbocycles. The third-order valence-corrected chi connectivity index (χ3v) is 5.42. The highest BCUT2D eigenvalue weighted by Gasteiger charge is 2.14. The van der Waals surface area contributed by atoms with E-state index >= 15 is 0 Å². The van der Waals surface area contributed by atoms with Crippen LogP contribution in [-0.4, -0.2) is 37.9 Å². The summed E-state index contributed by atoms with van der Waals surface area (Å²) in [7, 11) is 0. The molecule has 0 radical (unpaired) electrons. The maximum atomic E-state index is 12.6. The van der Waals surface area contributed by atoms with Crippen LogP contribution in [0.5, 0.6) is 23.0 Å². The lowest BCUT2D eigenvalue weighted by Crippen LogP contribution is -2.25. The highest BCUT2D eigenvalue weighted by Crippen LogP contribution is 2.29. The van der Waals surface area contributed by atoms with Crippen molar-refractivity contribution in [1.29, 1.82) is 0 Å². The number of esters is 1. The standard InChI is InChI=1S/C30H34N2O6/c1-6-35-24-12-10-23(11-13-24)30(34)38-26-15-9-22(17-28(26)36-7-2)18-31-32-29(33)19-37-27-16-21(5)8-14-25(27)20(3)4/h8-18,20H,6-7,19H2,1-5H3,(H,32,33)/b31-18-. The van der Waals surface area contributed by atoms with Crippen molar-refractivity contribution in [2.24, 2.45) is 5.10 Å². The highest BCUT2D eigenvalue weighted by molar-refractivity contribution is 5.92. The molecule has 0 unspecified atom stereocenters. The van der Waals surface area contributed by atoms with E-state index in [1.807, 2.05) is 39.0 Å². The largest absolute Gasteiger partial charge is 0.494 e. The van der Waals surface area contributed by atoms with E-state index in [0.717, 1.165) is 11.1 Å². The summed E-state index contributed by atoms with van der Waals surface area (Å²) in [5, 5.41) is 4.01. The molecule has 8 heteroatoms. The molecule has 3 aromatic rings. The molecule has 3 aromatic carbocycles. The SMILES string of the molecule is CCOc1ccc(C(=O)Oc2ccc(/C=N\NC(=O)COc3cc(C)ccc3C(C)C)cc2OCC)cc1. The molecule has 200 valence electrons. The molecule has 0 aliphatic rings. The molecule has 0 fully saturated rings. The highest BCUT2D eigenvalue weighted by atomic mass is 16.6. The fraction of sp³-hybridized carbons (Fsp3) is 0.300. The van der Waals surface area contributed by atoms with Crippen molar-refractivity contribution in [3.8, 4) is 23.0 Å². The second-order valence-electron chi connectivity index (χ2n) is 8.76. The number of carbonyl (C=O) groups is 2. The van der Waals surface area contributed by atoms with Crippen molar-refractivity contribution in [2.45, 2.75) is 40.5 Å². The Bertz CT molecular complexity index is 1270. The molecule has 38 heavy (non-hydrogen) atoms. The number of aryl methyl sites for hydroxylation is 1. The van der Waals surface area contributed by atoms with E-state index in [-0.39, 0.29) is 24.2 Å². The van der Waals surface area contributed by atoms with Gasteiger partial charge in [0.2, 0.25) is 0 Å². The van der Waals surface area contributed by atoms with Crippen LogP contribution in [0.2, 0.25) is 0 Å². The molecule has 8 nitrogen and oxygen atoms in total. The maximum absolute atomic E-state index is 12.6. The Hall–Kier alpha value is -4.33. The summed E-state index contributed by atoms with van der Waals surface area (Å²) in [6.07, 6.45) is 1.48. The normalized spacial score (nSPS) is 10.9. The first-order valence-electron chi connectivity index (χ1n) is 12.6. The number of benzene rings is 3. The van der Waals surface area contributed by atoms with Gasteiger partial charge in [0.1, 0.15) is 11.5 Å². The summed E-state index contributed by atoms with van der Waals surface area (Å²) >= 11 is 0. The predicted molar refractivity (Wildman–Crippen MR) is 147 cm³/mol. The Balaban J connectivity index is 1.60. The molecule has 0 bridgehead atoms. The van der Waals surface area contributed by atoms with Crippen LogP contribution in [0.25, 0.3) is 0 Å². The molecular formula is C30H34N2O6. The fourth-order valence-electron chi connectivity index (χ4n) is 3.57. The lowest BCUT2D eigenvalue weighted by Gasteiger charge is -2.14. The lowest BCUT2D eigenvalue weighted by atomic mass is 10.0. The molecule has 0 saturated heterocycles. The van der Waals surface area contributed by atoms with Gasteiger partial charge in [-0.25, -0.2) is 10.2 Å². The molecule has 0 aromatic heterocycles. The number of nitrogens with one attached hydrogen (secondary N) is 1. The number of nitrogens with zero attached hydrogens (tertiary/aromatic N) is 1. The van der Waals surface area contributed by atoms with Crippen LogP contribution < -0.4 is 24.4 Å². The van der Waals surface area contributed by atoms with Gasteiger partial charge in [-0.2, -0.15) is 5.10 Å². The monoisotopic (exact) mass is 518 g/mol. The number of hydrazone groups is 1. The first-order chi connectivity index (χ1) is 18.3. The Morgan fingerprint density at radius 3 is 2.29 bits per heavy atom. The summed E-state index contributed by atoms with van der Waals surface area (Å²) in [5.41, 5.74) is 5.60. The molecular weight excluding hydrogens is 484 g/mol. The van der Waals surface area contributed by atoms with Crippen LogP contribution >= 0.6 is 0 Å². The van der Waals surface area contributed by atoms with Crippen molar-refractivity contribution in [2.75, 3.05) is 19.8 Å². The number of hydrogen-bond acceptors (Lipinski definition) is 7. The van der Waals surface area contributed by atoms with Gasteiger partial charge in [0.15, 0.2) is 18.1 Å². The quantitative estimate of drug-likeness (QED) is 0.144. The average Bonchev–Trinajstić information content (AvgIpc) is 2.89. The molecule has 3 rings (SSSR count). The van der Waals surface area contributed by atoms with Crippen molar-refractivity contribution < 1.29 is 28.5 Å². The molecule has 0 aliphatic carbocycles. The maximum Gasteiger partial charge on any atom is 0.343 e. The Morgan fingerprint density at radius 1 is 0.868 bits per heavy atom. The number of rotatable bonds is 12. The topological polar surface area (TPSA) is 95.5 Å². The molecule has 0 heterocycles. The van der Waals surface area contributed by atoms with E-state index in [9.17, 15) is 9.59 Å². The van der Waals surface area contributed by atoms with Crippen molar-refractivity contribution in [3.63, 3.8) is 0 Å². The first kappa shape index (κ1) is 28.2. The van der Waals surface area contributed by atoms with E-state index in [0.29, 0.717) is 41.6 Å². The Labute approximate surface area is 223 Å². The number of amides is 1. The van der Waals surface area contributed by atoms with Gasteiger partial charge in [-0.05, 0) is 91.9 Å². The number of ether oxygens (including phenoxy) is 4. The van der Waals surface area contributed by atoms with E-state index < -0.39 is 5.97 Å². The van der Waals surface area contributed by atoms with Crippen molar-refractivity contribution in [1.82, 2.24) is 5.43 Å². The Morgan fingerprint density at radius 2 is 1.61 bits per heavy atom. The minimum Gasteiger partial charge on any atom is -0.494 e. The van der Waals surface area contributed by atoms with Gasteiger partial charge in [0.25, 0.3) is 5.91 Å². The minimum atomic E-state index is -0.517. The van der Waals surface area contributed by atoms with Gasteiger partial charge in [0.05, 0.1) is 25.0 Å². The van der Waals surface area contributed by atoms with Gasteiger partial charge in [-0.1, -0.05) is 26.0 Å². The van der Waals surface area contributed by atoms with E-state index in [4.69, 9.17) is 18.9 Å². The fourth-order valence-corrected chi connectivity index (χ4v) is 3.57. The smallest absolute Gasteiger partial charge is 0.343 e. The molecule has 0 spiro atoms. The van der Waals surface area contributed by atoms with Crippen molar-refractivity contribution in [3.05, 3.63) is 82.9 Å². The average molecular weight is 519 g/mol. The molecule has 0 aliphatic heterocycles. The van der Waals surface area contributed by atoms with Crippen LogP contribution in [-0.2, 0) is 4.79 Å². The zero-order valence-electron chi connectivity index (χ0n) is 22.4. The minimum absolute atomic E-state index is 0.162. The molecule has 1 N–H and O–H groups in total. The number of hydrogen-bond donors (Lipinski definition) is 1. The summed E-state index contributed by atoms with van der Waals surface area (Å²) in [6, 6.07) is 17.7. The third kappa shape index (κ3) is 8.09. The second kappa shape index (κ2) is 13.8. The second-order valence-corrected chi connectivity index (χ2v) is 8.76. The summed E-state index contributed by atoms with van der Waals surface area (Å²) in [5.74, 6) is 1.40. The van der Waals surface area contributed by atoms with Gasteiger partial charge in [-0.15, -0.1) is 0 Å². The molecule has 1 amide bonds. The Kier molecular flexibility index (Phi) is 10.3. The van der Waals surface area contributed by atoms with Crippen LogP contribution in [0.4, 0.5) is 0 Å². The first-order valence-corrected chi connectivity index (χ1v) is 12.6. The van der Waals surface area contributed by atoms with Crippen molar-refractivity contribution >= 4 is 18.1 Å². The lowest BCUT2D eigenvalue weighted by molar-refractivity contribution is -0.123. The van der Waals surface area contributed by atoms with Gasteiger partial charge in [0, 0.05) is 0 Å². The van der Waals surface area contributed by atoms with Crippen LogP contribution in [0, 0.1) is 6.92 Å². The molecule has 0 atom stereocenters. The third-order valence-electron chi connectivity index (χ3n) is 5.42. The van der Waals surface area contributed by atoms with Crippen LogP contribution in [0.3, 0.4) is 0 Å². The van der Waals surface area contributed by atoms with Crippen LogP contribution in [0.1, 0.15) is 60.7 Å². The van der Waals surface area contributed by atoms with Crippen LogP contribution in [0.15, 0.2) is 65.8 Å². The van der Waals surface area contributed by atoms with Gasteiger partial charge >= 0.3 is 5.97 Å².